The molecular weight excluding hydrogens is 240 g/mol. The van der Waals surface area contributed by atoms with Gasteiger partial charge >= 0.3 is 11.8 Å². The highest BCUT2D eigenvalue weighted by Gasteiger charge is 2.22. The number of allylic oxidation sites excluding steroid dienone is 1. The molecule has 0 aromatic carbocycles. The first kappa shape index (κ1) is 14.1. The fourth-order valence-corrected chi connectivity index (χ4v) is 2.78. The molecule has 2 amide bonds. The molecule has 1 heterocycles. The van der Waals surface area contributed by atoms with Crippen molar-refractivity contribution in [1.82, 2.24) is 10.2 Å². The first-order valence-electron chi connectivity index (χ1n) is 7.52. The number of nitrogens with zero attached hydrogens (tertiary/aromatic N) is 1. The standard InChI is InChI=1S/C15H24N2O2/c18-14(15(19)17-11-5-2-6-12-17)16-10-9-13-7-3-1-4-8-13/h7H,1-6,8-12H2,(H,16,18). The third kappa shape index (κ3) is 4.37. The molecule has 0 spiro atoms. The highest BCUT2D eigenvalue weighted by Crippen LogP contribution is 2.19. The van der Waals surface area contributed by atoms with Crippen LogP contribution < -0.4 is 5.32 Å². The first-order chi connectivity index (χ1) is 9.27. The van der Waals surface area contributed by atoms with Crippen LogP contribution in [0.25, 0.3) is 0 Å². The molecule has 2 aliphatic rings. The van der Waals surface area contributed by atoms with E-state index in [4.69, 9.17) is 0 Å². The van der Waals surface area contributed by atoms with E-state index in [2.05, 4.69) is 11.4 Å². The van der Waals surface area contributed by atoms with Crippen LogP contribution in [0.2, 0.25) is 0 Å². The third-order valence-corrected chi connectivity index (χ3v) is 3.95. The van der Waals surface area contributed by atoms with Crippen molar-refractivity contribution in [3.8, 4) is 0 Å². The van der Waals surface area contributed by atoms with Gasteiger partial charge in [-0.15, -0.1) is 0 Å². The van der Waals surface area contributed by atoms with Gasteiger partial charge in [-0.3, -0.25) is 9.59 Å². The minimum absolute atomic E-state index is 0.350. The third-order valence-electron chi connectivity index (χ3n) is 3.95. The van der Waals surface area contributed by atoms with E-state index >= 15 is 0 Å². The summed E-state index contributed by atoms with van der Waals surface area (Å²) in [7, 11) is 0. The van der Waals surface area contributed by atoms with Gasteiger partial charge in [-0.2, -0.15) is 0 Å². The van der Waals surface area contributed by atoms with Crippen molar-refractivity contribution in [3.05, 3.63) is 11.6 Å². The highest BCUT2D eigenvalue weighted by molar-refractivity contribution is 6.35. The van der Waals surface area contributed by atoms with Crippen LogP contribution in [0.1, 0.15) is 51.4 Å². The maximum absolute atomic E-state index is 11.9. The summed E-state index contributed by atoms with van der Waals surface area (Å²) >= 11 is 0. The highest BCUT2D eigenvalue weighted by atomic mass is 16.2. The van der Waals surface area contributed by atoms with Gasteiger partial charge in [-0.05, 0) is 51.4 Å². The number of amides is 2. The average Bonchev–Trinajstić information content (AvgIpc) is 2.48. The normalized spacial score (nSPS) is 19.8. The van der Waals surface area contributed by atoms with E-state index in [1.165, 1.54) is 24.8 Å². The molecule has 0 bridgehead atoms. The molecule has 1 saturated heterocycles. The van der Waals surface area contributed by atoms with E-state index in [9.17, 15) is 9.59 Å². The maximum Gasteiger partial charge on any atom is 0.311 e. The molecule has 1 aliphatic heterocycles. The summed E-state index contributed by atoms with van der Waals surface area (Å²) in [6.45, 7) is 2.05. The zero-order chi connectivity index (χ0) is 13.5. The second-order valence-corrected chi connectivity index (χ2v) is 5.47. The smallest absolute Gasteiger partial charge is 0.311 e. The van der Waals surface area contributed by atoms with Crippen molar-refractivity contribution in [2.24, 2.45) is 0 Å². The number of carbonyl (C=O) groups is 2. The summed E-state index contributed by atoms with van der Waals surface area (Å²) < 4.78 is 0. The number of piperidine rings is 1. The van der Waals surface area contributed by atoms with Gasteiger partial charge in [-0.25, -0.2) is 0 Å². The Bertz CT molecular complexity index is 357. The monoisotopic (exact) mass is 264 g/mol. The number of rotatable bonds is 3. The van der Waals surface area contributed by atoms with E-state index in [-0.39, 0.29) is 5.91 Å². The van der Waals surface area contributed by atoms with Gasteiger partial charge < -0.3 is 10.2 Å². The van der Waals surface area contributed by atoms with Crippen molar-refractivity contribution < 1.29 is 9.59 Å². The Balaban J connectivity index is 1.68. The predicted octanol–water partition coefficient (Wildman–Crippen LogP) is 2.01. The molecule has 1 aliphatic carbocycles. The summed E-state index contributed by atoms with van der Waals surface area (Å²) in [5.41, 5.74) is 1.43. The summed E-state index contributed by atoms with van der Waals surface area (Å²) in [4.78, 5) is 25.3. The molecule has 2 rings (SSSR count). The van der Waals surface area contributed by atoms with Gasteiger partial charge in [0.2, 0.25) is 0 Å². The fourth-order valence-electron chi connectivity index (χ4n) is 2.78. The zero-order valence-electron chi connectivity index (χ0n) is 11.6. The Morgan fingerprint density at radius 3 is 2.58 bits per heavy atom. The molecule has 0 atom stereocenters. The van der Waals surface area contributed by atoms with Crippen LogP contribution in [0.4, 0.5) is 0 Å². The van der Waals surface area contributed by atoms with Crippen molar-refractivity contribution in [1.29, 1.82) is 0 Å². The molecule has 0 aromatic rings. The number of nitrogens with one attached hydrogen (secondary N) is 1. The summed E-state index contributed by atoms with van der Waals surface area (Å²) in [6.07, 6.45) is 11.2. The van der Waals surface area contributed by atoms with Gasteiger partial charge in [0.25, 0.3) is 0 Å². The molecule has 1 fully saturated rings. The molecule has 4 nitrogen and oxygen atoms in total. The summed E-state index contributed by atoms with van der Waals surface area (Å²) in [6, 6.07) is 0. The van der Waals surface area contributed by atoms with E-state index in [0.717, 1.165) is 45.2 Å². The minimum Gasteiger partial charge on any atom is -0.348 e. The molecule has 19 heavy (non-hydrogen) atoms. The van der Waals surface area contributed by atoms with Crippen LogP contribution in [0.3, 0.4) is 0 Å². The van der Waals surface area contributed by atoms with Crippen molar-refractivity contribution >= 4 is 11.8 Å². The Morgan fingerprint density at radius 2 is 1.89 bits per heavy atom. The summed E-state index contributed by atoms with van der Waals surface area (Å²) in [5, 5.41) is 2.76. The molecule has 0 saturated carbocycles. The van der Waals surface area contributed by atoms with E-state index in [1.54, 1.807) is 4.90 Å². The van der Waals surface area contributed by atoms with E-state index in [0.29, 0.717) is 6.54 Å². The lowest BCUT2D eigenvalue weighted by molar-refractivity contribution is -0.146. The number of hydrogen-bond donors (Lipinski definition) is 1. The van der Waals surface area contributed by atoms with Crippen LogP contribution in [-0.2, 0) is 9.59 Å². The number of likely N-dealkylation sites (tertiary alicyclic amines) is 1. The topological polar surface area (TPSA) is 49.4 Å². The van der Waals surface area contributed by atoms with Gasteiger partial charge in [0.05, 0.1) is 0 Å². The molecule has 0 unspecified atom stereocenters. The van der Waals surface area contributed by atoms with Gasteiger partial charge in [0.1, 0.15) is 0 Å². The second kappa shape index (κ2) is 7.31. The van der Waals surface area contributed by atoms with Crippen LogP contribution >= 0.6 is 0 Å². The molecular formula is C15H24N2O2. The van der Waals surface area contributed by atoms with E-state index < -0.39 is 5.91 Å². The van der Waals surface area contributed by atoms with Crippen molar-refractivity contribution in [3.63, 3.8) is 0 Å². The summed E-state index contributed by atoms with van der Waals surface area (Å²) in [5.74, 6) is -0.782. The lowest BCUT2D eigenvalue weighted by atomic mass is 9.97. The molecule has 0 radical (unpaired) electrons. The Hall–Kier alpha value is -1.32. The van der Waals surface area contributed by atoms with Crippen LogP contribution in [0.5, 0.6) is 0 Å². The zero-order valence-corrected chi connectivity index (χ0v) is 11.6. The van der Waals surface area contributed by atoms with Gasteiger partial charge in [0.15, 0.2) is 0 Å². The van der Waals surface area contributed by atoms with Gasteiger partial charge in [0, 0.05) is 19.6 Å². The lowest BCUT2D eigenvalue weighted by Crippen LogP contribution is -2.45. The SMILES string of the molecule is O=C(NCCC1=CCCCC1)C(=O)N1CCCCC1. The van der Waals surface area contributed by atoms with Crippen LogP contribution in [0, 0.1) is 0 Å². The molecule has 1 N–H and O–H groups in total. The number of carbonyl (C=O) groups excluding carboxylic acids is 2. The number of hydrogen-bond acceptors (Lipinski definition) is 2. The Kier molecular flexibility index (Phi) is 5.43. The Morgan fingerprint density at radius 1 is 1.11 bits per heavy atom. The van der Waals surface area contributed by atoms with Crippen LogP contribution in [0.15, 0.2) is 11.6 Å². The molecule has 106 valence electrons. The van der Waals surface area contributed by atoms with E-state index in [1.807, 2.05) is 0 Å². The van der Waals surface area contributed by atoms with Crippen molar-refractivity contribution in [2.45, 2.75) is 51.4 Å². The van der Waals surface area contributed by atoms with Crippen molar-refractivity contribution in [2.75, 3.05) is 19.6 Å². The lowest BCUT2D eigenvalue weighted by Gasteiger charge is -2.25. The predicted molar refractivity (Wildman–Crippen MR) is 74.6 cm³/mol. The largest absolute Gasteiger partial charge is 0.348 e. The van der Waals surface area contributed by atoms with Gasteiger partial charge in [-0.1, -0.05) is 11.6 Å². The molecule has 0 aromatic heterocycles. The Labute approximate surface area is 115 Å². The van der Waals surface area contributed by atoms with Crippen LogP contribution in [-0.4, -0.2) is 36.3 Å². The second-order valence-electron chi connectivity index (χ2n) is 5.47. The molecule has 4 heteroatoms. The minimum atomic E-state index is -0.432. The average molecular weight is 264 g/mol. The maximum atomic E-state index is 11.9. The first-order valence-corrected chi connectivity index (χ1v) is 7.52. The fraction of sp³-hybridized carbons (Fsp3) is 0.733. The quantitative estimate of drug-likeness (QED) is 0.626.